The maximum absolute atomic E-state index is 10.8. The normalized spacial score (nSPS) is 10.8. The highest BCUT2D eigenvalue weighted by molar-refractivity contribution is 8.13. The van der Waals surface area contributed by atoms with Crippen molar-refractivity contribution in [3.63, 3.8) is 0 Å². The van der Waals surface area contributed by atoms with E-state index in [1.54, 1.807) is 12.4 Å². The number of nitrogens with zero attached hydrogens (tertiary/aromatic N) is 3. The molecule has 0 fully saturated rings. The van der Waals surface area contributed by atoms with Crippen molar-refractivity contribution in [3.8, 4) is 6.19 Å². The third-order valence-corrected chi connectivity index (χ3v) is 2.53. The zero-order valence-corrected chi connectivity index (χ0v) is 10.2. The number of nitro groups is 1. The zero-order chi connectivity index (χ0) is 12.8. The Labute approximate surface area is 106 Å². The van der Waals surface area contributed by atoms with Crippen LogP contribution in [0.5, 0.6) is 0 Å². The van der Waals surface area contributed by atoms with Crippen molar-refractivity contribution in [1.82, 2.24) is 5.32 Å². The van der Waals surface area contributed by atoms with E-state index in [0.717, 1.165) is 0 Å². The van der Waals surface area contributed by atoms with Gasteiger partial charge in [0, 0.05) is 11.1 Å². The van der Waals surface area contributed by atoms with E-state index in [-0.39, 0.29) is 21.6 Å². The Kier molecular flexibility index (Phi) is 4.75. The second kappa shape index (κ2) is 6.08. The molecule has 1 rings (SSSR count). The van der Waals surface area contributed by atoms with Gasteiger partial charge >= 0.3 is 0 Å². The number of hydrogen-bond donors (Lipinski definition) is 1. The molecule has 0 saturated heterocycles. The second-order valence-corrected chi connectivity index (χ2v) is 3.98. The van der Waals surface area contributed by atoms with Crippen molar-refractivity contribution in [2.45, 2.75) is 0 Å². The van der Waals surface area contributed by atoms with E-state index in [1.165, 1.54) is 30.0 Å². The minimum Gasteiger partial charge on any atom is -0.271 e. The van der Waals surface area contributed by atoms with Gasteiger partial charge in [-0.25, -0.2) is 4.99 Å². The number of halogens is 1. The van der Waals surface area contributed by atoms with Crippen LogP contribution in [0, 0.1) is 21.6 Å². The third-order valence-electron chi connectivity index (χ3n) is 1.71. The molecule has 0 unspecified atom stereocenters. The average molecular weight is 271 g/mol. The highest BCUT2D eigenvalue weighted by Gasteiger charge is 2.14. The summed E-state index contributed by atoms with van der Waals surface area (Å²) in [4.78, 5) is 14.2. The molecule has 0 spiro atoms. The molecule has 6 nitrogen and oxygen atoms in total. The fourth-order valence-electron chi connectivity index (χ4n) is 1.02. The van der Waals surface area contributed by atoms with Crippen LogP contribution in [-0.4, -0.2) is 16.3 Å². The van der Waals surface area contributed by atoms with Crippen molar-refractivity contribution in [3.05, 3.63) is 33.3 Å². The average Bonchev–Trinajstić information content (AvgIpc) is 2.30. The van der Waals surface area contributed by atoms with Gasteiger partial charge in [-0.05, 0) is 18.4 Å². The first kappa shape index (κ1) is 13.3. The summed E-state index contributed by atoms with van der Waals surface area (Å²) in [5.41, 5.74) is -0.0599. The van der Waals surface area contributed by atoms with Gasteiger partial charge in [0.2, 0.25) is 0 Å². The molecule has 1 aromatic rings. The van der Waals surface area contributed by atoms with Gasteiger partial charge in [-0.15, -0.1) is 0 Å². The van der Waals surface area contributed by atoms with E-state index in [9.17, 15) is 10.1 Å². The maximum Gasteiger partial charge on any atom is 0.296 e. The topological polar surface area (TPSA) is 91.3 Å². The van der Waals surface area contributed by atoms with Gasteiger partial charge < -0.3 is 0 Å². The summed E-state index contributed by atoms with van der Waals surface area (Å²) in [5.74, 6) is 0. The number of aliphatic imine (C=N–C) groups is 1. The Bertz CT molecular complexity index is 512. The molecule has 0 amide bonds. The molecule has 0 aliphatic heterocycles. The Hall–Kier alpha value is -1.78. The Morgan fingerprint density at radius 3 is 2.94 bits per heavy atom. The number of nitrogens with one attached hydrogen (secondary N) is 1. The van der Waals surface area contributed by atoms with Crippen LogP contribution in [0.3, 0.4) is 0 Å². The molecule has 0 bridgehead atoms. The predicted octanol–water partition coefficient (Wildman–Crippen LogP) is 2.67. The van der Waals surface area contributed by atoms with Gasteiger partial charge in [-0.2, -0.15) is 5.26 Å². The maximum atomic E-state index is 10.8. The van der Waals surface area contributed by atoms with E-state index >= 15 is 0 Å². The van der Waals surface area contributed by atoms with Crippen LogP contribution in [0.4, 0.5) is 11.4 Å². The van der Waals surface area contributed by atoms with Gasteiger partial charge in [0.25, 0.3) is 5.69 Å². The summed E-state index contributed by atoms with van der Waals surface area (Å²) in [7, 11) is 0. The lowest BCUT2D eigenvalue weighted by atomic mass is 10.3. The van der Waals surface area contributed by atoms with E-state index in [1.807, 2.05) is 0 Å². The minimum absolute atomic E-state index is 0.145. The van der Waals surface area contributed by atoms with Crippen LogP contribution in [-0.2, 0) is 0 Å². The first-order valence-electron chi connectivity index (χ1n) is 4.30. The molecule has 0 aromatic heterocycles. The minimum atomic E-state index is -0.574. The fourth-order valence-corrected chi connectivity index (χ4v) is 1.52. The number of hydrogen-bond acceptors (Lipinski definition) is 5. The van der Waals surface area contributed by atoms with Crippen LogP contribution >= 0.6 is 23.4 Å². The predicted molar refractivity (Wildman–Crippen MR) is 67.5 cm³/mol. The third kappa shape index (κ3) is 3.62. The van der Waals surface area contributed by atoms with E-state index < -0.39 is 4.92 Å². The van der Waals surface area contributed by atoms with Crippen LogP contribution in [0.2, 0.25) is 5.02 Å². The van der Waals surface area contributed by atoms with Crippen molar-refractivity contribution in [1.29, 1.82) is 5.26 Å². The van der Waals surface area contributed by atoms with Gasteiger partial charge in [-0.1, -0.05) is 23.4 Å². The molecule has 1 aromatic carbocycles. The lowest BCUT2D eigenvalue weighted by molar-refractivity contribution is -0.384. The monoisotopic (exact) mass is 270 g/mol. The molecule has 0 atom stereocenters. The highest BCUT2D eigenvalue weighted by Crippen LogP contribution is 2.30. The van der Waals surface area contributed by atoms with E-state index in [4.69, 9.17) is 16.9 Å². The van der Waals surface area contributed by atoms with Crippen molar-refractivity contribution in [2.75, 3.05) is 6.26 Å². The summed E-state index contributed by atoms with van der Waals surface area (Å²) < 4.78 is 0. The molecule has 1 N–H and O–H groups in total. The molecule has 0 saturated carbocycles. The van der Waals surface area contributed by atoms with Crippen LogP contribution < -0.4 is 5.32 Å². The number of nitriles is 1. The largest absolute Gasteiger partial charge is 0.296 e. The molecule has 0 radical (unpaired) electrons. The second-order valence-electron chi connectivity index (χ2n) is 2.75. The molecular weight excluding hydrogens is 264 g/mol. The molecule has 0 aliphatic rings. The quantitative estimate of drug-likeness (QED) is 0.223. The van der Waals surface area contributed by atoms with Gasteiger partial charge in [0.1, 0.15) is 5.69 Å². The Morgan fingerprint density at radius 1 is 1.71 bits per heavy atom. The van der Waals surface area contributed by atoms with E-state index in [2.05, 4.69) is 10.3 Å². The van der Waals surface area contributed by atoms with Crippen LogP contribution in [0.15, 0.2) is 23.2 Å². The molecule has 88 valence electrons. The Morgan fingerprint density at radius 2 is 2.41 bits per heavy atom. The Balaban J connectivity index is 3.22. The number of amidine groups is 1. The van der Waals surface area contributed by atoms with Gasteiger partial charge in [-0.3, -0.25) is 15.4 Å². The summed E-state index contributed by atoms with van der Waals surface area (Å²) in [6, 6.07) is 4.14. The molecule has 0 aliphatic carbocycles. The molecule has 17 heavy (non-hydrogen) atoms. The summed E-state index contributed by atoms with van der Waals surface area (Å²) in [5, 5.41) is 22.1. The van der Waals surface area contributed by atoms with Crippen LogP contribution in [0.1, 0.15) is 0 Å². The number of rotatable bonds is 2. The lowest BCUT2D eigenvalue weighted by Gasteiger charge is -2.01. The standard InChI is InChI=1S/C9H7ClN4O2S/c1-17-9(12-5-11)13-7-3-2-6(10)4-8(7)14(15)16/h2-4H,1H3,(H,12,13). The molecule has 8 heteroatoms. The van der Waals surface area contributed by atoms with Gasteiger partial charge in [0.15, 0.2) is 11.4 Å². The SMILES string of the molecule is CSC(=Nc1ccc(Cl)cc1[N+](=O)[O-])NC#N. The highest BCUT2D eigenvalue weighted by atomic mass is 35.5. The zero-order valence-electron chi connectivity index (χ0n) is 8.68. The number of nitro benzene ring substituents is 1. The fraction of sp³-hybridized carbons (Fsp3) is 0.111. The van der Waals surface area contributed by atoms with Crippen molar-refractivity contribution in [2.24, 2.45) is 4.99 Å². The number of benzene rings is 1. The van der Waals surface area contributed by atoms with Crippen molar-refractivity contribution < 1.29 is 4.92 Å². The van der Waals surface area contributed by atoms with Crippen molar-refractivity contribution >= 4 is 39.9 Å². The summed E-state index contributed by atoms with van der Waals surface area (Å²) in [6.45, 7) is 0. The smallest absolute Gasteiger partial charge is 0.271 e. The number of thioether (sulfide) groups is 1. The molecule has 0 heterocycles. The van der Waals surface area contributed by atoms with Gasteiger partial charge in [0.05, 0.1) is 4.92 Å². The lowest BCUT2D eigenvalue weighted by Crippen LogP contribution is -2.12. The summed E-state index contributed by atoms with van der Waals surface area (Å²) >= 11 is 6.84. The first-order valence-corrected chi connectivity index (χ1v) is 5.90. The first-order chi connectivity index (χ1) is 8.08. The van der Waals surface area contributed by atoms with E-state index in [0.29, 0.717) is 0 Å². The molecular formula is C9H7ClN4O2S. The summed E-state index contributed by atoms with van der Waals surface area (Å²) in [6.07, 6.45) is 3.40. The van der Waals surface area contributed by atoms with Crippen LogP contribution in [0.25, 0.3) is 0 Å².